The molecule has 2 aromatic rings. The maximum Gasteiger partial charge on any atom is 0.190 e. The number of benzene rings is 2. The molecule has 0 unspecified atom stereocenters. The fraction of sp³-hybridized carbons (Fsp3) is 0.381. The fourth-order valence-electron chi connectivity index (χ4n) is 2.73. The first-order chi connectivity index (χ1) is 13.2. The van der Waals surface area contributed by atoms with Gasteiger partial charge in [-0.05, 0) is 54.3 Å². The van der Waals surface area contributed by atoms with E-state index in [0.29, 0.717) is 0 Å². The lowest BCUT2D eigenvalue weighted by Crippen LogP contribution is -2.39. The Bertz CT molecular complexity index is 730. The molecule has 2 N–H and O–H groups in total. The summed E-state index contributed by atoms with van der Waals surface area (Å²) in [4.78, 5) is 4.27. The first-order valence-corrected chi connectivity index (χ1v) is 8.98. The first-order valence-electron chi connectivity index (χ1n) is 8.98. The van der Waals surface area contributed by atoms with E-state index in [1.165, 1.54) is 5.56 Å². The molecule has 0 saturated heterocycles. The molecule has 0 spiro atoms. The van der Waals surface area contributed by atoms with E-state index in [0.717, 1.165) is 54.7 Å². The van der Waals surface area contributed by atoms with Crippen LogP contribution in [0.4, 0.5) is 0 Å². The Balaban J connectivity index is 1.78. The van der Waals surface area contributed by atoms with E-state index < -0.39 is 0 Å². The second-order valence-electron chi connectivity index (χ2n) is 5.95. The summed E-state index contributed by atoms with van der Waals surface area (Å²) < 4.78 is 15.9. The average Bonchev–Trinajstić information content (AvgIpc) is 2.72. The molecule has 146 valence electrons. The lowest BCUT2D eigenvalue weighted by atomic mass is 10.1. The zero-order valence-electron chi connectivity index (χ0n) is 16.5. The summed E-state index contributed by atoms with van der Waals surface area (Å²) in [6.07, 6.45) is 1.72. The number of hydrogen-bond acceptors (Lipinski definition) is 4. The number of hydrogen-bond donors (Lipinski definition) is 2. The van der Waals surface area contributed by atoms with Crippen molar-refractivity contribution in [3.63, 3.8) is 0 Å². The zero-order chi connectivity index (χ0) is 19.5. The quantitative estimate of drug-likeness (QED) is 0.524. The van der Waals surface area contributed by atoms with Crippen molar-refractivity contribution in [2.75, 3.05) is 41.5 Å². The third-order valence-corrected chi connectivity index (χ3v) is 4.26. The monoisotopic (exact) mass is 371 g/mol. The van der Waals surface area contributed by atoms with Crippen molar-refractivity contribution in [2.45, 2.75) is 12.8 Å². The molecular formula is C21H29N3O3. The van der Waals surface area contributed by atoms with Crippen LogP contribution in [0.5, 0.6) is 17.2 Å². The zero-order valence-corrected chi connectivity index (χ0v) is 16.5. The van der Waals surface area contributed by atoms with E-state index in [1.807, 2.05) is 30.3 Å². The minimum Gasteiger partial charge on any atom is -0.497 e. The standard InChI is InChI=1S/C21H29N3O3/c1-22-21(23-13-11-16-5-7-18(25-2)8-6-16)24-14-12-17-15-19(26-3)9-10-20(17)27-4/h5-10,15H,11-14H2,1-4H3,(H2,22,23,24). The molecule has 0 aliphatic rings. The molecule has 6 heteroatoms. The molecule has 0 aromatic heterocycles. The van der Waals surface area contributed by atoms with Crippen LogP contribution in [0.1, 0.15) is 11.1 Å². The van der Waals surface area contributed by atoms with Gasteiger partial charge in [0.15, 0.2) is 5.96 Å². The van der Waals surface area contributed by atoms with Crippen molar-refractivity contribution in [1.29, 1.82) is 0 Å². The van der Waals surface area contributed by atoms with E-state index in [-0.39, 0.29) is 0 Å². The SMILES string of the molecule is CN=C(NCCc1ccc(OC)cc1)NCCc1cc(OC)ccc1OC. The van der Waals surface area contributed by atoms with Gasteiger partial charge in [-0.1, -0.05) is 12.1 Å². The van der Waals surface area contributed by atoms with Gasteiger partial charge in [0.1, 0.15) is 17.2 Å². The topological polar surface area (TPSA) is 64.1 Å². The van der Waals surface area contributed by atoms with Crippen LogP contribution in [-0.2, 0) is 12.8 Å². The summed E-state index contributed by atoms with van der Waals surface area (Å²) in [5.41, 5.74) is 2.35. The number of nitrogens with one attached hydrogen (secondary N) is 2. The second kappa shape index (κ2) is 11.0. The van der Waals surface area contributed by atoms with Crippen molar-refractivity contribution in [1.82, 2.24) is 10.6 Å². The van der Waals surface area contributed by atoms with Crippen LogP contribution in [0.25, 0.3) is 0 Å². The molecule has 6 nitrogen and oxygen atoms in total. The number of methoxy groups -OCH3 is 3. The van der Waals surface area contributed by atoms with Crippen molar-refractivity contribution in [3.8, 4) is 17.2 Å². The summed E-state index contributed by atoms with van der Waals surface area (Å²) in [6.45, 7) is 1.54. The van der Waals surface area contributed by atoms with E-state index in [1.54, 1.807) is 28.4 Å². The maximum atomic E-state index is 5.42. The molecule has 0 radical (unpaired) electrons. The smallest absolute Gasteiger partial charge is 0.190 e. The van der Waals surface area contributed by atoms with Gasteiger partial charge in [0.2, 0.25) is 0 Å². The Kier molecular flexibility index (Phi) is 8.29. The Hall–Kier alpha value is -2.89. The number of nitrogens with zero attached hydrogens (tertiary/aromatic N) is 1. The van der Waals surface area contributed by atoms with Crippen molar-refractivity contribution >= 4 is 5.96 Å². The molecule has 27 heavy (non-hydrogen) atoms. The largest absolute Gasteiger partial charge is 0.497 e. The highest BCUT2D eigenvalue weighted by Gasteiger charge is 2.06. The number of guanidine groups is 1. The normalized spacial score (nSPS) is 11.0. The van der Waals surface area contributed by atoms with Gasteiger partial charge in [-0.25, -0.2) is 0 Å². The molecule has 0 heterocycles. The molecule has 0 atom stereocenters. The summed E-state index contributed by atoms with van der Waals surface area (Å²) in [5, 5.41) is 6.67. The molecular weight excluding hydrogens is 342 g/mol. The van der Waals surface area contributed by atoms with Gasteiger partial charge in [0.25, 0.3) is 0 Å². The third-order valence-electron chi connectivity index (χ3n) is 4.26. The predicted molar refractivity (Wildman–Crippen MR) is 109 cm³/mol. The van der Waals surface area contributed by atoms with E-state index in [9.17, 15) is 0 Å². The van der Waals surface area contributed by atoms with Crippen molar-refractivity contribution in [2.24, 2.45) is 4.99 Å². The van der Waals surface area contributed by atoms with Gasteiger partial charge >= 0.3 is 0 Å². The van der Waals surface area contributed by atoms with Crippen molar-refractivity contribution < 1.29 is 14.2 Å². The highest BCUT2D eigenvalue weighted by atomic mass is 16.5. The predicted octanol–water partition coefficient (Wildman–Crippen LogP) is 2.66. The van der Waals surface area contributed by atoms with E-state index >= 15 is 0 Å². The lowest BCUT2D eigenvalue weighted by Gasteiger charge is -2.14. The van der Waals surface area contributed by atoms with Crippen LogP contribution < -0.4 is 24.8 Å². The molecule has 2 rings (SSSR count). The van der Waals surface area contributed by atoms with Crippen LogP contribution in [0, 0.1) is 0 Å². The molecule has 0 aliphatic carbocycles. The maximum absolute atomic E-state index is 5.42. The van der Waals surface area contributed by atoms with Crippen LogP contribution >= 0.6 is 0 Å². The molecule has 0 bridgehead atoms. The second-order valence-corrected chi connectivity index (χ2v) is 5.95. The molecule has 0 fully saturated rings. The van der Waals surface area contributed by atoms with Crippen LogP contribution in [0.2, 0.25) is 0 Å². The summed E-state index contributed by atoms with van der Waals surface area (Å²) in [7, 11) is 6.79. The molecule has 2 aromatic carbocycles. The van der Waals surface area contributed by atoms with Crippen molar-refractivity contribution in [3.05, 3.63) is 53.6 Å². The Morgan fingerprint density at radius 2 is 1.44 bits per heavy atom. The molecule has 0 aliphatic heterocycles. The highest BCUT2D eigenvalue weighted by Crippen LogP contribution is 2.24. The first kappa shape index (κ1) is 20.4. The fourth-order valence-corrected chi connectivity index (χ4v) is 2.73. The van der Waals surface area contributed by atoms with Gasteiger partial charge in [-0.2, -0.15) is 0 Å². The summed E-state index contributed by atoms with van der Waals surface area (Å²) in [5.74, 6) is 3.34. The molecule has 0 amide bonds. The van der Waals surface area contributed by atoms with Gasteiger partial charge in [-0.3, -0.25) is 4.99 Å². The van der Waals surface area contributed by atoms with Gasteiger partial charge < -0.3 is 24.8 Å². The minimum atomic E-state index is 0.742. The van der Waals surface area contributed by atoms with E-state index in [4.69, 9.17) is 14.2 Å². The Labute approximate surface area is 161 Å². The van der Waals surface area contributed by atoms with E-state index in [2.05, 4.69) is 27.8 Å². The summed E-state index contributed by atoms with van der Waals surface area (Å²) in [6, 6.07) is 13.9. The van der Waals surface area contributed by atoms with Gasteiger partial charge in [0.05, 0.1) is 21.3 Å². The highest BCUT2D eigenvalue weighted by molar-refractivity contribution is 5.79. The average molecular weight is 371 g/mol. The van der Waals surface area contributed by atoms with Gasteiger partial charge in [-0.15, -0.1) is 0 Å². The van der Waals surface area contributed by atoms with Crippen LogP contribution in [0.3, 0.4) is 0 Å². The van der Waals surface area contributed by atoms with Crippen LogP contribution in [-0.4, -0.2) is 47.4 Å². The summed E-state index contributed by atoms with van der Waals surface area (Å²) >= 11 is 0. The third kappa shape index (κ3) is 6.40. The lowest BCUT2D eigenvalue weighted by molar-refractivity contribution is 0.398. The number of aliphatic imine (C=N–C) groups is 1. The Morgan fingerprint density at radius 3 is 2.04 bits per heavy atom. The van der Waals surface area contributed by atoms with Crippen LogP contribution in [0.15, 0.2) is 47.5 Å². The minimum absolute atomic E-state index is 0.742. The number of ether oxygens (including phenoxy) is 3. The van der Waals surface area contributed by atoms with Gasteiger partial charge in [0, 0.05) is 20.1 Å². The number of rotatable bonds is 9. The molecule has 0 saturated carbocycles. The Morgan fingerprint density at radius 1 is 0.815 bits per heavy atom.